The topological polar surface area (TPSA) is 43.4 Å². The molecule has 0 amide bonds. The van der Waals surface area contributed by atoms with E-state index < -0.39 is 5.41 Å². The number of benzene rings is 3. The van der Waals surface area contributed by atoms with Gasteiger partial charge in [-0.1, -0.05) is 72.3 Å². The molecule has 2 aliphatic carbocycles. The van der Waals surface area contributed by atoms with Crippen LogP contribution in [0.1, 0.15) is 43.0 Å². The van der Waals surface area contributed by atoms with Crippen LogP contribution in [0.4, 0.5) is 0 Å². The number of fused-ring (bicyclic) bond motifs is 2. The van der Waals surface area contributed by atoms with Crippen LogP contribution in [-0.2, 0) is 24.0 Å². The van der Waals surface area contributed by atoms with Crippen LogP contribution in [0.5, 0.6) is 0 Å². The first-order valence-corrected chi connectivity index (χ1v) is 10.2. The molecule has 3 aromatic rings. The van der Waals surface area contributed by atoms with Gasteiger partial charge in [-0.25, -0.2) is 4.79 Å². The van der Waals surface area contributed by atoms with E-state index in [9.17, 15) is 9.59 Å². The van der Waals surface area contributed by atoms with E-state index in [-0.39, 0.29) is 11.8 Å². The molecule has 0 saturated carbocycles. The summed E-state index contributed by atoms with van der Waals surface area (Å²) in [5.74, 6) is -0.149. The van der Waals surface area contributed by atoms with Crippen LogP contribution in [0.2, 0.25) is 0 Å². The van der Waals surface area contributed by atoms with Gasteiger partial charge in [0.05, 0.1) is 18.1 Å². The van der Waals surface area contributed by atoms with E-state index in [2.05, 4.69) is 30.3 Å². The minimum atomic E-state index is -0.588. The Kier molecular flexibility index (Phi) is 4.39. The number of esters is 1. The Labute approximate surface area is 176 Å². The molecule has 0 bridgehead atoms. The lowest BCUT2D eigenvalue weighted by atomic mass is 9.71. The van der Waals surface area contributed by atoms with E-state index in [0.717, 1.165) is 23.1 Å². The zero-order chi connectivity index (χ0) is 20.7. The Morgan fingerprint density at radius 2 is 1.63 bits per heavy atom. The van der Waals surface area contributed by atoms with Crippen molar-refractivity contribution in [2.45, 2.75) is 19.3 Å². The van der Waals surface area contributed by atoms with Gasteiger partial charge in [0.25, 0.3) is 0 Å². The second-order valence-corrected chi connectivity index (χ2v) is 8.16. The van der Waals surface area contributed by atoms with E-state index in [1.54, 1.807) is 12.1 Å². The number of ketones is 1. The highest BCUT2D eigenvalue weighted by Crippen LogP contribution is 2.48. The SMILES string of the molecule is COC(=O)c1ccc(C[C@]2(C3=Cc4ccccc4C3)Cc3ccccc3C2=O)cc1. The van der Waals surface area contributed by atoms with Gasteiger partial charge in [0, 0.05) is 5.56 Å². The summed E-state index contributed by atoms with van der Waals surface area (Å²) in [7, 11) is 1.38. The first kappa shape index (κ1) is 18.6. The number of methoxy groups -OCH3 is 1. The molecule has 1 atom stereocenters. The van der Waals surface area contributed by atoms with E-state index in [1.165, 1.54) is 23.8 Å². The Morgan fingerprint density at radius 3 is 2.33 bits per heavy atom. The molecular formula is C27H22O3. The van der Waals surface area contributed by atoms with Gasteiger partial charge >= 0.3 is 5.97 Å². The molecule has 0 unspecified atom stereocenters. The molecule has 0 N–H and O–H groups in total. The molecule has 0 fully saturated rings. The van der Waals surface area contributed by atoms with Crippen molar-refractivity contribution in [2.24, 2.45) is 5.41 Å². The first-order valence-electron chi connectivity index (χ1n) is 10.2. The number of hydrogen-bond acceptors (Lipinski definition) is 3. The smallest absolute Gasteiger partial charge is 0.337 e. The molecule has 3 heteroatoms. The van der Waals surface area contributed by atoms with E-state index in [1.807, 2.05) is 36.4 Å². The highest BCUT2D eigenvalue weighted by molar-refractivity contribution is 6.08. The predicted octanol–water partition coefficient (Wildman–Crippen LogP) is 5.08. The Bertz CT molecular complexity index is 1190. The van der Waals surface area contributed by atoms with E-state index in [4.69, 9.17) is 4.74 Å². The minimum absolute atomic E-state index is 0.203. The Morgan fingerprint density at radius 1 is 0.933 bits per heavy atom. The van der Waals surface area contributed by atoms with E-state index in [0.29, 0.717) is 18.4 Å². The number of Topliss-reactive ketones (excluding diaryl/α,β-unsaturated/α-hetero) is 1. The van der Waals surface area contributed by atoms with Crippen molar-refractivity contribution in [1.82, 2.24) is 0 Å². The number of allylic oxidation sites excluding steroid dienone is 1. The molecule has 5 rings (SSSR count). The third-order valence-electron chi connectivity index (χ3n) is 6.45. The largest absolute Gasteiger partial charge is 0.465 e. The molecule has 0 saturated heterocycles. The van der Waals surface area contributed by atoms with Crippen LogP contribution in [-0.4, -0.2) is 18.9 Å². The average molecular weight is 394 g/mol. The number of carbonyl (C=O) groups is 2. The van der Waals surface area contributed by atoms with Crippen LogP contribution in [0.25, 0.3) is 6.08 Å². The fourth-order valence-corrected chi connectivity index (χ4v) is 4.89. The Hall–Kier alpha value is -3.46. The van der Waals surface area contributed by atoms with Crippen molar-refractivity contribution >= 4 is 17.8 Å². The quantitative estimate of drug-likeness (QED) is 0.580. The summed E-state index contributed by atoms with van der Waals surface area (Å²) in [6, 6.07) is 23.7. The monoisotopic (exact) mass is 394 g/mol. The molecule has 3 aromatic carbocycles. The van der Waals surface area contributed by atoms with Crippen molar-refractivity contribution in [1.29, 1.82) is 0 Å². The third-order valence-corrected chi connectivity index (χ3v) is 6.45. The van der Waals surface area contributed by atoms with Crippen molar-refractivity contribution < 1.29 is 14.3 Å². The second kappa shape index (κ2) is 7.10. The van der Waals surface area contributed by atoms with Gasteiger partial charge in [-0.15, -0.1) is 0 Å². The summed E-state index contributed by atoms with van der Waals surface area (Å²) in [6.07, 6.45) is 4.33. The van der Waals surface area contributed by atoms with Gasteiger partial charge in [-0.3, -0.25) is 4.79 Å². The van der Waals surface area contributed by atoms with Crippen LogP contribution >= 0.6 is 0 Å². The lowest BCUT2D eigenvalue weighted by Gasteiger charge is -2.30. The first-order chi connectivity index (χ1) is 14.6. The fraction of sp³-hybridized carbons (Fsp3) is 0.185. The zero-order valence-electron chi connectivity index (χ0n) is 16.9. The third kappa shape index (κ3) is 2.89. The minimum Gasteiger partial charge on any atom is -0.465 e. The summed E-state index contributed by atoms with van der Waals surface area (Å²) in [5.41, 5.74) is 6.58. The lowest BCUT2D eigenvalue weighted by molar-refractivity contribution is 0.0600. The van der Waals surface area contributed by atoms with Crippen LogP contribution in [0, 0.1) is 5.41 Å². The molecule has 0 aromatic heterocycles. The summed E-state index contributed by atoms with van der Waals surface area (Å²) in [5, 5.41) is 0. The number of rotatable bonds is 4. The van der Waals surface area contributed by atoms with Gasteiger partial charge in [0.2, 0.25) is 0 Å². The van der Waals surface area contributed by atoms with Crippen molar-refractivity contribution in [3.63, 3.8) is 0 Å². The molecule has 2 aliphatic rings. The summed E-state index contributed by atoms with van der Waals surface area (Å²) in [4.78, 5) is 25.6. The number of carbonyl (C=O) groups excluding carboxylic acids is 2. The molecular weight excluding hydrogens is 372 g/mol. The normalized spacial score (nSPS) is 19.2. The van der Waals surface area contributed by atoms with Gasteiger partial charge < -0.3 is 4.74 Å². The van der Waals surface area contributed by atoms with Gasteiger partial charge in [-0.05, 0) is 53.6 Å². The predicted molar refractivity (Wildman–Crippen MR) is 117 cm³/mol. The highest BCUT2D eigenvalue weighted by atomic mass is 16.5. The second-order valence-electron chi connectivity index (χ2n) is 8.16. The van der Waals surface area contributed by atoms with Crippen molar-refractivity contribution in [2.75, 3.05) is 7.11 Å². The number of hydrogen-bond donors (Lipinski definition) is 0. The van der Waals surface area contributed by atoms with Crippen molar-refractivity contribution in [3.8, 4) is 0 Å². The molecule has 0 aliphatic heterocycles. The van der Waals surface area contributed by atoms with Crippen LogP contribution < -0.4 is 0 Å². The summed E-state index contributed by atoms with van der Waals surface area (Å²) in [6.45, 7) is 0. The maximum atomic E-state index is 13.8. The molecule has 0 heterocycles. The van der Waals surface area contributed by atoms with Crippen LogP contribution in [0.3, 0.4) is 0 Å². The van der Waals surface area contributed by atoms with E-state index >= 15 is 0 Å². The highest BCUT2D eigenvalue weighted by Gasteiger charge is 2.48. The average Bonchev–Trinajstić information content (AvgIpc) is 3.34. The van der Waals surface area contributed by atoms with Gasteiger partial charge in [0.15, 0.2) is 5.78 Å². The summed E-state index contributed by atoms with van der Waals surface area (Å²) < 4.78 is 4.80. The zero-order valence-corrected chi connectivity index (χ0v) is 16.9. The maximum absolute atomic E-state index is 13.8. The lowest BCUT2D eigenvalue weighted by Crippen LogP contribution is -2.33. The van der Waals surface area contributed by atoms with Crippen molar-refractivity contribution in [3.05, 3.63) is 112 Å². The number of ether oxygens (including phenoxy) is 1. The fourth-order valence-electron chi connectivity index (χ4n) is 4.89. The molecule has 3 nitrogen and oxygen atoms in total. The Balaban J connectivity index is 1.56. The maximum Gasteiger partial charge on any atom is 0.337 e. The summed E-state index contributed by atoms with van der Waals surface area (Å²) >= 11 is 0. The molecule has 0 radical (unpaired) electrons. The molecule has 30 heavy (non-hydrogen) atoms. The van der Waals surface area contributed by atoms with Gasteiger partial charge in [-0.2, -0.15) is 0 Å². The molecule has 148 valence electrons. The van der Waals surface area contributed by atoms with Crippen LogP contribution in [0.15, 0.2) is 78.4 Å². The van der Waals surface area contributed by atoms with Gasteiger partial charge in [0.1, 0.15) is 0 Å². The molecule has 0 spiro atoms. The standard InChI is InChI=1S/C27H22O3/c1-30-26(29)19-12-10-18(11-13-19)16-27(17-22-8-4-5-9-24(22)25(27)28)23-14-20-6-2-3-7-21(20)15-23/h2-14H,15-17H2,1H3/t27-/m1/s1.